The van der Waals surface area contributed by atoms with Crippen LogP contribution < -0.4 is 5.56 Å². The van der Waals surface area contributed by atoms with Crippen molar-refractivity contribution < 1.29 is 19.4 Å². The highest BCUT2D eigenvalue weighted by atomic mass is 32.2. The Morgan fingerprint density at radius 3 is 2.96 bits per heavy atom. The lowest BCUT2D eigenvalue weighted by atomic mass is 10.1. The number of ether oxygens (including phenoxy) is 2. The number of carbonyl (C=O) groups excluding carboxylic acids is 1. The van der Waals surface area contributed by atoms with Crippen molar-refractivity contribution in [3.05, 3.63) is 34.1 Å². The van der Waals surface area contributed by atoms with E-state index in [1.165, 1.54) is 23.4 Å². The SMILES string of the molecule is COC(=O)c1ccc2c(=O)n(C[C@H](C)O)c(SC[C@H]3CCCCO3)nc2c1. The summed E-state index contributed by atoms with van der Waals surface area (Å²) in [6.07, 6.45) is 2.67. The number of carbonyl (C=O) groups is 1. The third-order valence-electron chi connectivity index (χ3n) is 4.46. The molecule has 2 aromatic rings. The Labute approximate surface area is 161 Å². The second-order valence-electron chi connectivity index (χ2n) is 6.68. The van der Waals surface area contributed by atoms with Gasteiger partial charge in [0.1, 0.15) is 0 Å². The summed E-state index contributed by atoms with van der Waals surface area (Å²) in [6.45, 7) is 2.56. The minimum absolute atomic E-state index is 0.137. The van der Waals surface area contributed by atoms with Crippen LogP contribution in [-0.4, -0.2) is 52.3 Å². The number of esters is 1. The molecule has 1 aliphatic rings. The van der Waals surface area contributed by atoms with Gasteiger partial charge in [-0.05, 0) is 44.4 Å². The predicted molar refractivity (Wildman–Crippen MR) is 103 cm³/mol. The average Bonchev–Trinajstić information content (AvgIpc) is 2.68. The fraction of sp³-hybridized carbons (Fsp3) is 0.526. The van der Waals surface area contributed by atoms with Gasteiger partial charge in [0.25, 0.3) is 5.56 Å². The molecule has 1 aromatic heterocycles. The first-order chi connectivity index (χ1) is 13.0. The molecule has 27 heavy (non-hydrogen) atoms. The predicted octanol–water partition coefficient (Wildman–Crippen LogP) is 2.23. The molecule has 1 fully saturated rings. The fourth-order valence-electron chi connectivity index (χ4n) is 3.09. The summed E-state index contributed by atoms with van der Waals surface area (Å²) in [5, 5.41) is 10.7. The maximum Gasteiger partial charge on any atom is 0.337 e. The van der Waals surface area contributed by atoms with Crippen LogP contribution in [0.15, 0.2) is 28.2 Å². The number of benzene rings is 1. The molecule has 146 valence electrons. The molecule has 0 spiro atoms. The number of aliphatic hydroxyl groups excluding tert-OH is 1. The van der Waals surface area contributed by atoms with E-state index in [1.807, 2.05) is 0 Å². The molecule has 1 N–H and O–H groups in total. The van der Waals surface area contributed by atoms with Gasteiger partial charge < -0.3 is 14.6 Å². The quantitative estimate of drug-likeness (QED) is 0.458. The summed E-state index contributed by atoms with van der Waals surface area (Å²) in [5.74, 6) is 0.214. The van der Waals surface area contributed by atoms with Gasteiger partial charge in [-0.2, -0.15) is 0 Å². The molecule has 2 atom stereocenters. The Kier molecular flexibility index (Phi) is 6.51. The van der Waals surface area contributed by atoms with Crippen molar-refractivity contribution in [3.63, 3.8) is 0 Å². The molecule has 0 saturated carbocycles. The smallest absolute Gasteiger partial charge is 0.337 e. The third-order valence-corrected chi connectivity index (χ3v) is 5.57. The van der Waals surface area contributed by atoms with E-state index in [4.69, 9.17) is 9.47 Å². The highest BCUT2D eigenvalue weighted by Gasteiger charge is 2.19. The number of fused-ring (bicyclic) bond motifs is 1. The van der Waals surface area contributed by atoms with Crippen LogP contribution in [0.25, 0.3) is 10.9 Å². The van der Waals surface area contributed by atoms with Crippen molar-refractivity contribution in [2.45, 2.75) is 50.1 Å². The van der Waals surface area contributed by atoms with E-state index in [0.717, 1.165) is 25.9 Å². The van der Waals surface area contributed by atoms with Gasteiger partial charge in [-0.15, -0.1) is 0 Å². The van der Waals surface area contributed by atoms with Gasteiger partial charge in [-0.3, -0.25) is 9.36 Å². The number of methoxy groups -OCH3 is 1. The van der Waals surface area contributed by atoms with Crippen molar-refractivity contribution in [1.29, 1.82) is 0 Å². The van der Waals surface area contributed by atoms with E-state index in [-0.39, 0.29) is 18.2 Å². The van der Waals surface area contributed by atoms with E-state index in [9.17, 15) is 14.7 Å². The number of thioether (sulfide) groups is 1. The number of rotatable bonds is 6. The summed E-state index contributed by atoms with van der Waals surface area (Å²) in [7, 11) is 1.31. The lowest BCUT2D eigenvalue weighted by molar-refractivity contribution is 0.0315. The van der Waals surface area contributed by atoms with E-state index in [2.05, 4.69) is 4.98 Å². The molecule has 1 aromatic carbocycles. The van der Waals surface area contributed by atoms with Crippen LogP contribution in [0, 0.1) is 0 Å². The Morgan fingerprint density at radius 2 is 2.30 bits per heavy atom. The minimum atomic E-state index is -0.679. The lowest BCUT2D eigenvalue weighted by Gasteiger charge is -2.22. The molecule has 2 heterocycles. The summed E-state index contributed by atoms with van der Waals surface area (Å²) in [4.78, 5) is 29.3. The maximum absolute atomic E-state index is 12.9. The Bertz CT molecular complexity index is 874. The molecule has 3 rings (SSSR count). The Hall–Kier alpha value is -1.90. The normalized spacial score (nSPS) is 18.4. The fourth-order valence-corrected chi connectivity index (χ4v) is 4.16. The first-order valence-corrected chi connectivity index (χ1v) is 10.0. The monoisotopic (exact) mass is 392 g/mol. The second kappa shape index (κ2) is 8.86. The molecule has 0 radical (unpaired) electrons. The third kappa shape index (κ3) is 4.69. The maximum atomic E-state index is 12.9. The summed E-state index contributed by atoms with van der Waals surface area (Å²) in [5.41, 5.74) is 0.554. The van der Waals surface area contributed by atoms with Crippen LogP contribution >= 0.6 is 11.8 Å². The lowest BCUT2D eigenvalue weighted by Crippen LogP contribution is -2.29. The van der Waals surface area contributed by atoms with Gasteiger partial charge in [0, 0.05) is 12.4 Å². The standard InChI is InChI=1S/C19H24N2O5S/c1-12(22)10-21-17(23)15-7-6-13(18(24)25-2)9-16(15)20-19(21)27-11-14-5-3-4-8-26-14/h6-7,9,12,14,22H,3-5,8,10-11H2,1-2H3/t12-,14+/m0/s1. The Balaban J connectivity index is 1.98. The van der Waals surface area contributed by atoms with Crippen molar-refractivity contribution in [2.24, 2.45) is 0 Å². The van der Waals surface area contributed by atoms with Crippen LogP contribution in [0.4, 0.5) is 0 Å². The van der Waals surface area contributed by atoms with Crippen molar-refractivity contribution in [3.8, 4) is 0 Å². The first-order valence-electron chi connectivity index (χ1n) is 9.05. The van der Waals surface area contributed by atoms with E-state index < -0.39 is 12.1 Å². The largest absolute Gasteiger partial charge is 0.465 e. The van der Waals surface area contributed by atoms with E-state index >= 15 is 0 Å². The van der Waals surface area contributed by atoms with E-state index in [1.54, 1.807) is 25.1 Å². The first kappa shape index (κ1) is 19.9. The van der Waals surface area contributed by atoms with Crippen LogP contribution in [0.1, 0.15) is 36.5 Å². The molecule has 7 nitrogen and oxygen atoms in total. The Morgan fingerprint density at radius 1 is 1.48 bits per heavy atom. The number of nitrogens with zero attached hydrogens (tertiary/aromatic N) is 2. The molecule has 0 bridgehead atoms. The van der Waals surface area contributed by atoms with Crippen LogP contribution in [0.3, 0.4) is 0 Å². The summed E-state index contributed by atoms with van der Waals surface area (Å²) in [6, 6.07) is 4.69. The molecule has 0 amide bonds. The van der Waals surface area contributed by atoms with Crippen LogP contribution in [-0.2, 0) is 16.0 Å². The average molecular weight is 392 g/mol. The zero-order valence-corrected chi connectivity index (χ0v) is 16.3. The van der Waals surface area contributed by atoms with Gasteiger partial charge in [0.2, 0.25) is 0 Å². The minimum Gasteiger partial charge on any atom is -0.465 e. The molecular formula is C19H24N2O5S. The second-order valence-corrected chi connectivity index (χ2v) is 7.67. The van der Waals surface area contributed by atoms with Crippen molar-refractivity contribution >= 4 is 28.6 Å². The molecule has 0 aliphatic carbocycles. The molecule has 0 unspecified atom stereocenters. The molecule has 1 aliphatic heterocycles. The van der Waals surface area contributed by atoms with Gasteiger partial charge in [0.15, 0.2) is 5.16 Å². The van der Waals surface area contributed by atoms with E-state index in [0.29, 0.717) is 27.4 Å². The molecule has 8 heteroatoms. The van der Waals surface area contributed by atoms with Crippen molar-refractivity contribution in [2.75, 3.05) is 19.5 Å². The van der Waals surface area contributed by atoms with Gasteiger partial charge in [0.05, 0.1) is 42.3 Å². The highest BCUT2D eigenvalue weighted by Crippen LogP contribution is 2.24. The number of hydrogen-bond acceptors (Lipinski definition) is 7. The summed E-state index contributed by atoms with van der Waals surface area (Å²) < 4.78 is 12.0. The zero-order chi connectivity index (χ0) is 19.4. The number of aromatic nitrogens is 2. The van der Waals surface area contributed by atoms with Gasteiger partial charge in [-0.25, -0.2) is 9.78 Å². The molecular weight excluding hydrogens is 368 g/mol. The number of aliphatic hydroxyl groups is 1. The highest BCUT2D eigenvalue weighted by molar-refractivity contribution is 7.99. The number of hydrogen-bond donors (Lipinski definition) is 1. The molecule has 1 saturated heterocycles. The zero-order valence-electron chi connectivity index (χ0n) is 15.5. The van der Waals surface area contributed by atoms with Crippen LogP contribution in [0.2, 0.25) is 0 Å². The van der Waals surface area contributed by atoms with Crippen molar-refractivity contribution in [1.82, 2.24) is 9.55 Å². The summed E-state index contributed by atoms with van der Waals surface area (Å²) >= 11 is 1.44. The topological polar surface area (TPSA) is 90.7 Å². The van der Waals surface area contributed by atoms with Crippen LogP contribution in [0.5, 0.6) is 0 Å². The van der Waals surface area contributed by atoms with Gasteiger partial charge in [-0.1, -0.05) is 11.8 Å². The van der Waals surface area contributed by atoms with Gasteiger partial charge >= 0.3 is 5.97 Å².